The highest BCUT2D eigenvalue weighted by molar-refractivity contribution is 7.91. The highest BCUT2D eigenvalue weighted by Gasteiger charge is 2.70. The van der Waals surface area contributed by atoms with Crippen LogP contribution in [0.1, 0.15) is 131 Å². The fraction of sp³-hybridized carbons (Fsp3) is 0.740. The van der Waals surface area contributed by atoms with Crippen molar-refractivity contribution in [2.75, 3.05) is 44.3 Å². The lowest BCUT2D eigenvalue weighted by atomic mass is 9.33. The van der Waals surface area contributed by atoms with Crippen molar-refractivity contribution in [2.45, 2.75) is 131 Å². The minimum Gasteiger partial charge on any atom is -0.481 e. The van der Waals surface area contributed by atoms with Gasteiger partial charge in [0.05, 0.1) is 11.5 Å². The van der Waals surface area contributed by atoms with Crippen LogP contribution in [-0.4, -0.2) is 79.2 Å². The van der Waals surface area contributed by atoms with Crippen LogP contribution >= 0.6 is 0 Å². The molecule has 1 saturated heterocycles. The number of fused-ring (bicyclic) bond motifs is 7. The number of nitrogens with zero attached hydrogens (tertiary/aromatic N) is 3. The Balaban J connectivity index is 1.01. The summed E-state index contributed by atoms with van der Waals surface area (Å²) in [5, 5.41) is 24.3. The van der Waals surface area contributed by atoms with Gasteiger partial charge in [0.1, 0.15) is 23.7 Å². The largest absolute Gasteiger partial charge is 0.481 e. The number of aliphatic carboxylic acids is 1. The van der Waals surface area contributed by atoms with E-state index in [9.17, 15) is 23.6 Å². The van der Waals surface area contributed by atoms with E-state index in [0.29, 0.717) is 67.5 Å². The van der Waals surface area contributed by atoms with Gasteiger partial charge < -0.3 is 20.1 Å². The number of carboxylic acid groups (broad SMARTS) is 1. The molecular formula is C50H72N4O5S. The average molecular weight is 841 g/mol. The molecule has 0 spiro atoms. The number of pyridine rings is 1. The Morgan fingerprint density at radius 2 is 1.77 bits per heavy atom. The SMILES string of the molecule is C=C(C)C[C@@H]1CC[C@]2(NCCN3CCS(=O)(=O)CC3)CC[C@]3(C)[C@H](CCC4[C@@]5(C)CC=C(C6=CCC(COc7ncccc7C#N)(C(=O)O)CC6)C(C)(C)C5CC[C@]43C)C12. The van der Waals surface area contributed by atoms with Gasteiger partial charge in [-0.2, -0.15) is 5.26 Å². The molecule has 0 bridgehead atoms. The highest BCUT2D eigenvalue weighted by Crippen LogP contribution is 2.76. The highest BCUT2D eigenvalue weighted by atomic mass is 32.2. The quantitative estimate of drug-likeness (QED) is 0.209. The lowest BCUT2D eigenvalue weighted by Crippen LogP contribution is -2.68. The zero-order valence-corrected chi connectivity index (χ0v) is 38.3. The lowest BCUT2D eigenvalue weighted by Gasteiger charge is -2.72. The second kappa shape index (κ2) is 15.7. The van der Waals surface area contributed by atoms with Gasteiger partial charge in [0, 0.05) is 37.9 Å². The Kier molecular flexibility index (Phi) is 11.4. The summed E-state index contributed by atoms with van der Waals surface area (Å²) in [4.78, 5) is 19.4. The van der Waals surface area contributed by atoms with Crippen molar-refractivity contribution in [3.8, 4) is 11.9 Å². The van der Waals surface area contributed by atoms with Crippen molar-refractivity contribution in [1.29, 1.82) is 5.26 Å². The Labute approximate surface area is 360 Å². The van der Waals surface area contributed by atoms with E-state index < -0.39 is 21.2 Å². The summed E-state index contributed by atoms with van der Waals surface area (Å²) >= 11 is 0. The second-order valence-electron chi connectivity index (χ2n) is 22.0. The molecule has 6 aliphatic carbocycles. The lowest BCUT2D eigenvalue weighted by molar-refractivity contribution is -0.222. The maximum absolute atomic E-state index is 12.8. The molecule has 10 heteroatoms. The van der Waals surface area contributed by atoms with Crippen LogP contribution < -0.4 is 10.1 Å². The zero-order valence-electron chi connectivity index (χ0n) is 37.5. The number of nitrogens with one attached hydrogen (secondary N) is 1. The smallest absolute Gasteiger partial charge is 0.313 e. The van der Waals surface area contributed by atoms with Gasteiger partial charge in [0.2, 0.25) is 5.88 Å². The molecule has 5 fully saturated rings. The molecular weight excluding hydrogens is 769 g/mol. The van der Waals surface area contributed by atoms with Gasteiger partial charge in [-0.3, -0.25) is 4.79 Å². The van der Waals surface area contributed by atoms with E-state index in [2.05, 4.69) is 81.5 Å². The second-order valence-corrected chi connectivity index (χ2v) is 24.4. The zero-order chi connectivity index (χ0) is 42.9. The van der Waals surface area contributed by atoms with Crippen LogP contribution in [-0.2, 0) is 14.6 Å². The van der Waals surface area contributed by atoms with Crippen molar-refractivity contribution in [3.63, 3.8) is 0 Å². The number of sulfone groups is 1. The number of allylic oxidation sites excluding steroid dienone is 5. The Bertz CT molecular complexity index is 2080. The number of rotatable bonds is 11. The fourth-order valence-electron chi connectivity index (χ4n) is 15.6. The molecule has 4 saturated carbocycles. The van der Waals surface area contributed by atoms with Gasteiger partial charge in [0.15, 0.2) is 9.84 Å². The first-order valence-corrected chi connectivity index (χ1v) is 25.1. The number of ether oxygens (including phenoxy) is 1. The summed E-state index contributed by atoms with van der Waals surface area (Å²) in [6.45, 7) is 22.8. The Morgan fingerprint density at radius 1 is 1.00 bits per heavy atom. The molecule has 10 atom stereocenters. The van der Waals surface area contributed by atoms with Crippen molar-refractivity contribution < 1.29 is 23.1 Å². The Hall–Kier alpha value is -3.00. The summed E-state index contributed by atoms with van der Waals surface area (Å²) in [5.74, 6) is 3.06. The summed E-state index contributed by atoms with van der Waals surface area (Å²) in [7, 11) is -2.88. The first-order valence-electron chi connectivity index (χ1n) is 23.3. The van der Waals surface area contributed by atoms with E-state index in [0.717, 1.165) is 25.9 Å². The third-order valence-electron chi connectivity index (χ3n) is 18.9. The van der Waals surface area contributed by atoms with Gasteiger partial charge in [-0.15, -0.1) is 6.58 Å². The van der Waals surface area contributed by atoms with Gasteiger partial charge in [-0.25, -0.2) is 13.4 Å². The van der Waals surface area contributed by atoms with Gasteiger partial charge in [-0.05, 0) is 165 Å². The van der Waals surface area contributed by atoms with Crippen LogP contribution in [0, 0.1) is 68.0 Å². The summed E-state index contributed by atoms with van der Waals surface area (Å²) < 4.78 is 30.2. The number of aromatic nitrogens is 1. The molecule has 1 aromatic heterocycles. The van der Waals surface area contributed by atoms with E-state index >= 15 is 0 Å². The molecule has 2 N–H and O–H groups in total. The molecule has 60 heavy (non-hydrogen) atoms. The van der Waals surface area contributed by atoms with Crippen LogP contribution in [0.4, 0.5) is 0 Å². The summed E-state index contributed by atoms with van der Waals surface area (Å²) in [5.41, 5.74) is 4.11. The minimum atomic E-state index is -2.88. The van der Waals surface area contributed by atoms with E-state index in [4.69, 9.17) is 4.74 Å². The van der Waals surface area contributed by atoms with Crippen LogP contribution in [0.15, 0.2) is 53.8 Å². The van der Waals surface area contributed by atoms with Gasteiger partial charge >= 0.3 is 5.97 Å². The first kappa shape index (κ1) is 43.6. The number of nitriles is 1. The average Bonchev–Trinajstić information content (AvgIpc) is 3.55. The van der Waals surface area contributed by atoms with Crippen LogP contribution in [0.3, 0.4) is 0 Å². The Morgan fingerprint density at radius 3 is 2.45 bits per heavy atom. The molecule has 8 rings (SSSR count). The molecule has 0 aromatic carbocycles. The van der Waals surface area contributed by atoms with Crippen molar-refractivity contribution >= 4 is 15.8 Å². The van der Waals surface area contributed by atoms with Crippen molar-refractivity contribution in [3.05, 3.63) is 59.3 Å². The molecule has 1 aromatic rings. The van der Waals surface area contributed by atoms with E-state index in [1.54, 1.807) is 18.3 Å². The topological polar surface area (TPSA) is 133 Å². The predicted octanol–water partition coefficient (Wildman–Crippen LogP) is 9.17. The first-order chi connectivity index (χ1) is 28.3. The number of carboxylic acids is 1. The number of hydrogen-bond acceptors (Lipinski definition) is 8. The van der Waals surface area contributed by atoms with Crippen molar-refractivity contribution in [2.24, 2.45) is 56.7 Å². The summed E-state index contributed by atoms with van der Waals surface area (Å²) in [6.07, 6.45) is 20.2. The van der Waals surface area contributed by atoms with E-state index in [1.165, 1.54) is 68.1 Å². The fourth-order valence-corrected chi connectivity index (χ4v) is 16.9. The molecule has 9 nitrogen and oxygen atoms in total. The number of carbonyl (C=O) groups is 1. The molecule has 1 aliphatic heterocycles. The normalized spacial score (nSPS) is 40.6. The number of hydrogen-bond donors (Lipinski definition) is 2. The maximum Gasteiger partial charge on any atom is 0.313 e. The predicted molar refractivity (Wildman–Crippen MR) is 237 cm³/mol. The van der Waals surface area contributed by atoms with E-state index in [1.807, 2.05) is 0 Å². The molecule has 4 unspecified atom stereocenters. The van der Waals surface area contributed by atoms with Crippen molar-refractivity contribution in [1.82, 2.24) is 15.2 Å². The summed E-state index contributed by atoms with van der Waals surface area (Å²) in [6, 6.07) is 5.44. The third-order valence-corrected chi connectivity index (χ3v) is 20.5. The van der Waals surface area contributed by atoms with Crippen LogP contribution in [0.25, 0.3) is 0 Å². The minimum absolute atomic E-state index is 0.0141. The third kappa shape index (κ3) is 7.13. The standard InChI is InChI=1S/C50H72N4O5S/c1-34(2)31-36-14-21-50(53-25-26-54-27-29-60(57,58)30-28-54)23-22-47(6)39(42(36)50)10-11-41-46(5)17-15-38(45(3,4)40(46)16-18-48(41,47)7)35-12-19-49(20-13-35,44(55)56)33-59-43-37(32-51)9-8-24-52-43/h8-9,12,15,24,36,39-42,53H,1,10-11,13-14,16-23,25-31,33H2,2-7H3,(H,55,56)/t36-,39+,40?,41?,42?,46-,47+,48+,49?,50-/m0/s1. The molecule has 7 aliphatic rings. The van der Waals surface area contributed by atoms with Gasteiger partial charge in [-0.1, -0.05) is 52.3 Å². The molecule has 328 valence electrons. The van der Waals surface area contributed by atoms with Gasteiger partial charge in [0.25, 0.3) is 0 Å². The van der Waals surface area contributed by atoms with Crippen LogP contribution in [0.2, 0.25) is 0 Å². The van der Waals surface area contributed by atoms with Crippen LogP contribution in [0.5, 0.6) is 5.88 Å². The van der Waals surface area contributed by atoms with E-state index in [-0.39, 0.29) is 51.2 Å². The molecule has 2 heterocycles. The molecule has 0 amide bonds. The molecule has 0 radical (unpaired) electrons. The monoisotopic (exact) mass is 841 g/mol. The maximum atomic E-state index is 12.8.